The van der Waals surface area contributed by atoms with E-state index in [-0.39, 0.29) is 17.4 Å². The molecule has 0 amide bonds. The zero-order valence-corrected chi connectivity index (χ0v) is 20.2. The Hall–Kier alpha value is -1.13. The molecule has 2 aromatic rings. The standard InChI is InChI=1S/C20H28ClN3O4S2/c1-6-17(24-29(25)20(2,3)4)15-10-23-19(16-11-22-18(21)9-14(15)16)28-12-7-13(8-12)30(5,26)27/h9-13,17,24H,6-8H2,1-5H3. The summed E-state index contributed by atoms with van der Waals surface area (Å²) in [6, 6.07) is 1.57. The van der Waals surface area contributed by atoms with Gasteiger partial charge < -0.3 is 9.29 Å². The highest BCUT2D eigenvalue weighted by Gasteiger charge is 2.38. The third kappa shape index (κ3) is 5.19. The summed E-state index contributed by atoms with van der Waals surface area (Å²) in [5.41, 5.74) is 0.865. The first kappa shape index (κ1) is 23.5. The smallest absolute Gasteiger partial charge is 0.223 e. The molecule has 2 unspecified atom stereocenters. The number of hydrogen-bond acceptors (Lipinski definition) is 7. The Morgan fingerprint density at radius 2 is 1.97 bits per heavy atom. The van der Waals surface area contributed by atoms with Crippen molar-refractivity contribution in [3.05, 3.63) is 29.2 Å². The summed E-state index contributed by atoms with van der Waals surface area (Å²) in [6.45, 7) is 7.76. The van der Waals surface area contributed by atoms with Crippen LogP contribution in [0.4, 0.5) is 0 Å². The van der Waals surface area contributed by atoms with Crippen LogP contribution in [0.1, 0.15) is 58.6 Å². The van der Waals surface area contributed by atoms with Gasteiger partial charge in [-0.05, 0) is 38.6 Å². The van der Waals surface area contributed by atoms with Crippen molar-refractivity contribution >= 4 is 43.6 Å². The van der Waals surface area contributed by atoms with E-state index in [1.165, 1.54) is 6.26 Å². The first-order chi connectivity index (χ1) is 13.9. The van der Waals surface area contributed by atoms with Gasteiger partial charge >= 0.3 is 0 Å². The Morgan fingerprint density at radius 1 is 1.30 bits per heavy atom. The van der Waals surface area contributed by atoms with Gasteiger partial charge in [0.05, 0.1) is 16.7 Å². The minimum Gasteiger partial charge on any atom is -0.598 e. The predicted molar refractivity (Wildman–Crippen MR) is 121 cm³/mol. The largest absolute Gasteiger partial charge is 0.598 e. The number of fused-ring (bicyclic) bond motifs is 1. The van der Waals surface area contributed by atoms with E-state index in [0.717, 1.165) is 10.9 Å². The Bertz CT molecular complexity index is 1020. The van der Waals surface area contributed by atoms with Crippen LogP contribution in [0.25, 0.3) is 10.8 Å². The molecular formula is C20H28ClN3O4S2. The second-order valence-electron chi connectivity index (χ2n) is 8.69. The van der Waals surface area contributed by atoms with Crippen LogP contribution in [0.5, 0.6) is 5.88 Å². The molecule has 0 radical (unpaired) electrons. The summed E-state index contributed by atoms with van der Waals surface area (Å²) < 4.78 is 44.7. The maximum Gasteiger partial charge on any atom is 0.223 e. The van der Waals surface area contributed by atoms with Crippen LogP contribution in [0.3, 0.4) is 0 Å². The Labute approximate surface area is 186 Å². The SMILES string of the molecule is CCC(N[S+]([O-])C(C)(C)C)c1cnc(OC2CC(S(C)(=O)=O)C2)c2cnc(Cl)cc12. The van der Waals surface area contributed by atoms with E-state index >= 15 is 0 Å². The maximum atomic E-state index is 12.6. The zero-order chi connectivity index (χ0) is 22.3. The van der Waals surface area contributed by atoms with Gasteiger partial charge in [0.2, 0.25) is 5.88 Å². The number of pyridine rings is 2. The lowest BCUT2D eigenvalue weighted by molar-refractivity contribution is 0.119. The topological polar surface area (TPSA) is 104 Å². The van der Waals surface area contributed by atoms with Crippen molar-refractivity contribution in [3.63, 3.8) is 0 Å². The molecule has 1 aliphatic carbocycles. The van der Waals surface area contributed by atoms with Gasteiger partial charge in [0, 0.05) is 48.4 Å². The molecule has 0 spiro atoms. The summed E-state index contributed by atoms with van der Waals surface area (Å²) in [5, 5.41) is 1.50. The number of sulfone groups is 1. The lowest BCUT2D eigenvalue weighted by Gasteiger charge is -2.34. The number of hydrogen-bond donors (Lipinski definition) is 1. The Morgan fingerprint density at radius 3 is 2.53 bits per heavy atom. The lowest BCUT2D eigenvalue weighted by atomic mass is 9.95. The van der Waals surface area contributed by atoms with E-state index in [2.05, 4.69) is 14.7 Å². The van der Waals surface area contributed by atoms with Crippen LogP contribution in [0, 0.1) is 0 Å². The minimum absolute atomic E-state index is 0.189. The van der Waals surface area contributed by atoms with Crippen molar-refractivity contribution in [1.29, 1.82) is 0 Å². The highest BCUT2D eigenvalue weighted by Crippen LogP contribution is 2.36. The Kier molecular flexibility index (Phi) is 6.89. The molecule has 0 aliphatic heterocycles. The molecule has 166 valence electrons. The summed E-state index contributed by atoms with van der Waals surface area (Å²) >= 11 is 4.91. The fourth-order valence-electron chi connectivity index (χ4n) is 3.27. The van der Waals surface area contributed by atoms with Crippen molar-refractivity contribution < 1.29 is 17.7 Å². The van der Waals surface area contributed by atoms with Crippen molar-refractivity contribution in [1.82, 2.24) is 14.7 Å². The first-order valence-corrected chi connectivity index (χ1v) is 13.4. The van der Waals surface area contributed by atoms with Gasteiger partial charge in [-0.2, -0.15) is 0 Å². The van der Waals surface area contributed by atoms with Gasteiger partial charge in [-0.3, -0.25) is 0 Å². The molecular weight excluding hydrogens is 446 g/mol. The average molecular weight is 474 g/mol. The van der Waals surface area contributed by atoms with Crippen molar-refractivity contribution in [2.24, 2.45) is 0 Å². The van der Waals surface area contributed by atoms with Gasteiger partial charge in [0.15, 0.2) is 9.84 Å². The lowest BCUT2D eigenvalue weighted by Crippen LogP contribution is -2.42. The second kappa shape index (κ2) is 8.78. The van der Waals surface area contributed by atoms with Gasteiger partial charge in [0.1, 0.15) is 16.0 Å². The molecule has 2 aromatic heterocycles. The van der Waals surface area contributed by atoms with E-state index < -0.39 is 25.9 Å². The first-order valence-electron chi connectivity index (χ1n) is 9.88. The molecule has 0 saturated heterocycles. The van der Waals surface area contributed by atoms with Crippen molar-refractivity contribution in [2.45, 2.75) is 69.1 Å². The summed E-state index contributed by atoms with van der Waals surface area (Å²) in [5.74, 6) is 0.404. The fourth-order valence-corrected chi connectivity index (χ4v) is 5.46. The minimum atomic E-state index is -3.05. The molecule has 1 N–H and O–H groups in total. The number of nitrogens with zero attached hydrogens (tertiary/aromatic N) is 2. The number of aromatic nitrogens is 2. The molecule has 2 heterocycles. The quantitative estimate of drug-likeness (QED) is 0.482. The van der Waals surface area contributed by atoms with Gasteiger partial charge in [-0.1, -0.05) is 18.5 Å². The maximum absolute atomic E-state index is 12.6. The van der Waals surface area contributed by atoms with Crippen LogP contribution in [0.15, 0.2) is 18.5 Å². The predicted octanol–water partition coefficient (Wildman–Crippen LogP) is 3.74. The van der Waals surface area contributed by atoms with E-state index in [4.69, 9.17) is 16.3 Å². The van der Waals surface area contributed by atoms with E-state index in [1.807, 2.05) is 27.7 Å². The summed E-state index contributed by atoms with van der Waals surface area (Å²) in [6.07, 6.45) is 5.99. The third-order valence-electron chi connectivity index (χ3n) is 5.26. The molecule has 7 nitrogen and oxygen atoms in total. The molecule has 3 rings (SSSR count). The van der Waals surface area contributed by atoms with Crippen molar-refractivity contribution in [2.75, 3.05) is 6.26 Å². The van der Waals surface area contributed by atoms with Gasteiger partial charge in [-0.15, -0.1) is 4.72 Å². The molecule has 1 aliphatic rings. The molecule has 10 heteroatoms. The monoisotopic (exact) mass is 473 g/mol. The second-order valence-corrected chi connectivity index (χ2v) is 13.4. The van der Waals surface area contributed by atoms with Crippen LogP contribution in [0.2, 0.25) is 5.15 Å². The van der Waals surface area contributed by atoms with E-state index in [0.29, 0.717) is 35.7 Å². The number of halogens is 1. The normalized spacial score (nSPS) is 21.8. The number of ether oxygens (including phenoxy) is 1. The van der Waals surface area contributed by atoms with Crippen LogP contribution >= 0.6 is 11.6 Å². The van der Waals surface area contributed by atoms with Crippen LogP contribution < -0.4 is 9.46 Å². The van der Waals surface area contributed by atoms with Crippen molar-refractivity contribution in [3.8, 4) is 5.88 Å². The third-order valence-corrected chi connectivity index (χ3v) is 8.67. The molecule has 1 saturated carbocycles. The molecule has 2 atom stereocenters. The highest BCUT2D eigenvalue weighted by atomic mass is 35.5. The zero-order valence-electron chi connectivity index (χ0n) is 17.8. The number of rotatable bonds is 7. The van der Waals surface area contributed by atoms with Gasteiger partial charge in [0.25, 0.3) is 0 Å². The molecule has 30 heavy (non-hydrogen) atoms. The van der Waals surface area contributed by atoms with E-state index in [1.54, 1.807) is 18.5 Å². The van der Waals surface area contributed by atoms with E-state index in [9.17, 15) is 13.0 Å². The van der Waals surface area contributed by atoms with Gasteiger partial charge in [-0.25, -0.2) is 18.4 Å². The Balaban J connectivity index is 1.90. The highest BCUT2D eigenvalue weighted by molar-refractivity contribution is 7.91. The van der Waals surface area contributed by atoms with Crippen LogP contribution in [-0.4, -0.2) is 45.3 Å². The molecule has 1 fully saturated rings. The average Bonchev–Trinajstić information content (AvgIpc) is 2.60. The van der Waals surface area contributed by atoms with Crippen LogP contribution in [-0.2, 0) is 21.2 Å². The molecule has 0 bridgehead atoms. The summed E-state index contributed by atoms with van der Waals surface area (Å²) in [4.78, 5) is 8.66. The molecule has 0 aromatic carbocycles. The summed E-state index contributed by atoms with van der Waals surface area (Å²) in [7, 11) is -3.05. The fraction of sp³-hybridized carbons (Fsp3) is 0.600. The number of nitrogens with one attached hydrogen (secondary N) is 1.